The molecule has 0 aliphatic rings. The molecule has 0 saturated carbocycles. The number of hydrogen-bond donors (Lipinski definition) is 6. The minimum atomic E-state index is -5.98. The van der Waals surface area contributed by atoms with Crippen LogP contribution in [0, 0.1) is 0 Å². The number of nitrogens with one attached hydrogen (secondary N) is 2. The molecule has 0 aromatic heterocycles. The molecule has 0 radical (unpaired) electrons. The third-order valence-electron chi connectivity index (χ3n) is 6.32. The van der Waals surface area contributed by atoms with E-state index in [1.165, 1.54) is 48.5 Å². The van der Waals surface area contributed by atoms with Gasteiger partial charge < -0.3 is 32.3 Å². The summed E-state index contributed by atoms with van der Waals surface area (Å²) in [5.74, 6) is -2.31. The van der Waals surface area contributed by atoms with Crippen LogP contribution in [-0.2, 0) is 5.41 Å². The molecule has 0 aliphatic carbocycles. The predicted molar refractivity (Wildman–Crippen MR) is 142 cm³/mol. The first-order chi connectivity index (χ1) is 19.1. The molecule has 0 fully saturated rings. The van der Waals surface area contributed by atoms with E-state index in [9.17, 15) is 41.4 Å². The molecule has 4 aromatic rings. The van der Waals surface area contributed by atoms with E-state index in [1.807, 2.05) is 0 Å². The summed E-state index contributed by atoms with van der Waals surface area (Å²) in [6.45, 7) is 0. The number of phenolic OH excluding ortho intramolecular Hbond substituents is 2. The molecule has 0 unspecified atom stereocenters. The van der Waals surface area contributed by atoms with Gasteiger partial charge >= 0.3 is 12.4 Å². The molecule has 0 aliphatic heterocycles. The molecule has 0 saturated heterocycles. The average Bonchev–Trinajstić information content (AvgIpc) is 2.88. The Morgan fingerprint density at radius 2 is 1.07 bits per heavy atom. The Bertz CT molecular complexity index is 1560. The van der Waals surface area contributed by atoms with Gasteiger partial charge in [-0.2, -0.15) is 26.3 Å². The summed E-state index contributed by atoms with van der Waals surface area (Å²) < 4.78 is 88.6. The van der Waals surface area contributed by atoms with Gasteiger partial charge in [0.1, 0.15) is 11.5 Å². The highest BCUT2D eigenvalue weighted by molar-refractivity contribution is 6.05. The van der Waals surface area contributed by atoms with E-state index in [1.54, 1.807) is 0 Å². The Morgan fingerprint density at radius 1 is 0.634 bits per heavy atom. The second kappa shape index (κ2) is 10.5. The Kier molecular flexibility index (Phi) is 7.40. The van der Waals surface area contributed by atoms with Crippen LogP contribution in [0.5, 0.6) is 11.5 Å². The fraction of sp³-hybridized carbons (Fsp3) is 0.107. The maximum absolute atomic E-state index is 14.8. The number of aromatic hydroxyl groups is 2. The van der Waals surface area contributed by atoms with E-state index in [0.29, 0.717) is 47.8 Å². The minimum Gasteiger partial charge on any atom is -0.506 e. The van der Waals surface area contributed by atoms with Crippen LogP contribution in [0.4, 0.5) is 54.8 Å². The van der Waals surface area contributed by atoms with Gasteiger partial charge in [-0.1, -0.05) is 12.1 Å². The van der Waals surface area contributed by atoms with E-state index < -0.39 is 57.7 Å². The van der Waals surface area contributed by atoms with Gasteiger partial charge in [-0.15, -0.1) is 0 Å². The summed E-state index contributed by atoms with van der Waals surface area (Å²) in [5, 5.41) is 25.2. The van der Waals surface area contributed by atoms with Gasteiger partial charge in [0.15, 0.2) is 0 Å². The summed E-state index contributed by atoms with van der Waals surface area (Å²) in [5.41, 5.74) is 3.66. The van der Waals surface area contributed by atoms with Crippen LogP contribution in [0.3, 0.4) is 0 Å². The van der Waals surface area contributed by atoms with Crippen molar-refractivity contribution in [3.05, 3.63) is 102 Å². The molecule has 1 amide bonds. The SMILES string of the molecule is Nc1ccc(Nc2cc(C(c3ccc(O)c(NC(=O)c4ccc(N)cc4)c3)(C(F)(F)F)C(F)(F)F)ccc2O)cc1. The van der Waals surface area contributed by atoms with Gasteiger partial charge in [0.05, 0.1) is 11.4 Å². The largest absolute Gasteiger partial charge is 0.506 e. The fourth-order valence-corrected chi connectivity index (χ4v) is 4.27. The zero-order chi connectivity index (χ0) is 30.2. The van der Waals surface area contributed by atoms with E-state index in [4.69, 9.17) is 11.5 Å². The molecule has 0 spiro atoms. The Hall–Kier alpha value is -5.07. The summed E-state index contributed by atoms with van der Waals surface area (Å²) in [6, 6.07) is 14.2. The summed E-state index contributed by atoms with van der Waals surface area (Å²) in [4.78, 5) is 12.6. The van der Waals surface area contributed by atoms with Gasteiger partial charge in [-0.25, -0.2) is 0 Å². The lowest BCUT2D eigenvalue weighted by molar-refractivity contribution is -0.288. The number of halogens is 6. The van der Waals surface area contributed by atoms with E-state index in [-0.39, 0.29) is 11.3 Å². The van der Waals surface area contributed by atoms with Gasteiger partial charge in [-0.05, 0) is 83.9 Å². The monoisotopic (exact) mass is 576 g/mol. The Balaban J connectivity index is 1.87. The zero-order valence-electron chi connectivity index (χ0n) is 20.8. The number of alkyl halides is 6. The average molecular weight is 576 g/mol. The number of rotatable bonds is 6. The number of hydrogen-bond acceptors (Lipinski definition) is 6. The van der Waals surface area contributed by atoms with Crippen LogP contribution in [0.1, 0.15) is 21.5 Å². The smallest absolute Gasteiger partial charge is 0.411 e. The van der Waals surface area contributed by atoms with E-state index >= 15 is 0 Å². The van der Waals surface area contributed by atoms with Crippen LogP contribution in [0.25, 0.3) is 0 Å². The van der Waals surface area contributed by atoms with Crippen molar-refractivity contribution in [2.24, 2.45) is 0 Å². The molecule has 0 bridgehead atoms. The van der Waals surface area contributed by atoms with Crippen LogP contribution in [0.15, 0.2) is 84.9 Å². The van der Waals surface area contributed by atoms with Gasteiger partial charge in [0, 0.05) is 22.6 Å². The first-order valence-corrected chi connectivity index (χ1v) is 11.7. The third kappa shape index (κ3) is 5.51. The number of phenols is 2. The highest BCUT2D eigenvalue weighted by Crippen LogP contribution is 2.57. The minimum absolute atomic E-state index is 0.0150. The first-order valence-electron chi connectivity index (χ1n) is 11.7. The van der Waals surface area contributed by atoms with Gasteiger partial charge in [-0.3, -0.25) is 4.79 Å². The number of anilines is 5. The lowest BCUT2D eigenvalue weighted by atomic mass is 9.72. The van der Waals surface area contributed by atoms with Crippen LogP contribution >= 0.6 is 0 Å². The fourth-order valence-electron chi connectivity index (χ4n) is 4.27. The number of nitrogen functional groups attached to an aromatic ring is 2. The van der Waals surface area contributed by atoms with Crippen molar-refractivity contribution in [1.29, 1.82) is 0 Å². The number of amides is 1. The van der Waals surface area contributed by atoms with Crippen LogP contribution < -0.4 is 22.1 Å². The summed E-state index contributed by atoms with van der Waals surface area (Å²) in [7, 11) is 0. The van der Waals surface area contributed by atoms with Crippen molar-refractivity contribution in [2.45, 2.75) is 17.8 Å². The molecule has 7 nitrogen and oxygen atoms in total. The Morgan fingerprint density at radius 3 is 1.56 bits per heavy atom. The van der Waals surface area contributed by atoms with Crippen molar-refractivity contribution in [3.8, 4) is 11.5 Å². The maximum atomic E-state index is 14.8. The molecule has 214 valence electrons. The number of carbonyl (C=O) groups is 1. The molecule has 41 heavy (non-hydrogen) atoms. The van der Waals surface area contributed by atoms with Crippen LogP contribution in [0.2, 0.25) is 0 Å². The van der Waals surface area contributed by atoms with E-state index in [2.05, 4.69) is 10.6 Å². The normalized spacial score (nSPS) is 12.1. The quantitative estimate of drug-likeness (QED) is 0.0863. The summed E-state index contributed by atoms with van der Waals surface area (Å²) >= 11 is 0. The Labute approximate surface area is 229 Å². The van der Waals surface area contributed by atoms with E-state index in [0.717, 1.165) is 0 Å². The standard InChI is InChI=1S/C28H22F6N4O3/c29-27(30,31)26(28(32,33)34,16-3-11-23(39)21(13-16)37-20-9-7-19(36)8-10-20)17-4-12-24(40)22(14-17)38-25(41)15-1-5-18(35)6-2-15/h1-14,37,39-40H,35-36H2,(H,38,41). The predicted octanol–water partition coefficient (Wildman–Crippen LogP) is 6.67. The molecular weight excluding hydrogens is 554 g/mol. The highest BCUT2D eigenvalue weighted by Gasteiger charge is 2.72. The lowest BCUT2D eigenvalue weighted by Gasteiger charge is -2.38. The first kappa shape index (κ1) is 28.9. The van der Waals surface area contributed by atoms with Gasteiger partial charge in [0.2, 0.25) is 5.41 Å². The zero-order valence-corrected chi connectivity index (χ0v) is 20.8. The number of nitrogens with two attached hydrogens (primary N) is 2. The van der Waals surface area contributed by atoms with Crippen molar-refractivity contribution in [1.82, 2.24) is 0 Å². The number of carbonyl (C=O) groups excluding carboxylic acids is 1. The van der Waals surface area contributed by atoms with Crippen molar-refractivity contribution in [3.63, 3.8) is 0 Å². The molecule has 13 heteroatoms. The number of benzene rings is 4. The molecule has 0 atom stereocenters. The molecule has 8 N–H and O–H groups in total. The molecular formula is C28H22F6N4O3. The third-order valence-corrected chi connectivity index (χ3v) is 6.32. The van der Waals surface area contributed by atoms with Crippen LogP contribution in [-0.4, -0.2) is 28.5 Å². The topological polar surface area (TPSA) is 134 Å². The summed E-state index contributed by atoms with van der Waals surface area (Å²) in [6.07, 6.45) is -12.0. The molecule has 0 heterocycles. The second-order valence-corrected chi connectivity index (χ2v) is 9.03. The maximum Gasteiger partial charge on any atom is 0.411 e. The van der Waals surface area contributed by atoms with Gasteiger partial charge in [0.25, 0.3) is 5.91 Å². The second-order valence-electron chi connectivity index (χ2n) is 9.03. The molecule has 4 aromatic carbocycles. The lowest BCUT2D eigenvalue weighted by Crippen LogP contribution is -2.54. The molecule has 4 rings (SSSR count). The van der Waals surface area contributed by atoms with Crippen molar-refractivity contribution in [2.75, 3.05) is 22.1 Å². The van der Waals surface area contributed by atoms with Crippen molar-refractivity contribution < 1.29 is 41.4 Å². The van der Waals surface area contributed by atoms with Crippen molar-refractivity contribution >= 4 is 34.3 Å². The highest BCUT2D eigenvalue weighted by atomic mass is 19.4.